The van der Waals surface area contributed by atoms with Gasteiger partial charge in [-0.2, -0.15) is 5.26 Å². The van der Waals surface area contributed by atoms with Crippen LogP contribution in [0.25, 0.3) is 6.08 Å². The second kappa shape index (κ2) is 7.46. The van der Waals surface area contributed by atoms with E-state index in [2.05, 4.69) is 0 Å². The maximum atomic E-state index is 12.3. The molecule has 0 aliphatic carbocycles. The SMILES string of the molecule is CCOc1ccc(/C=C(/C#N)C(=O)N2CCOCC2)cc1. The Labute approximate surface area is 124 Å². The van der Waals surface area contributed by atoms with E-state index in [-0.39, 0.29) is 11.5 Å². The van der Waals surface area contributed by atoms with E-state index in [1.165, 1.54) is 0 Å². The summed E-state index contributed by atoms with van der Waals surface area (Å²) in [5.74, 6) is 0.530. The lowest BCUT2D eigenvalue weighted by Crippen LogP contribution is -2.41. The Balaban J connectivity index is 2.12. The largest absolute Gasteiger partial charge is 0.494 e. The van der Waals surface area contributed by atoms with Gasteiger partial charge in [0.05, 0.1) is 19.8 Å². The van der Waals surface area contributed by atoms with Crippen LogP contribution in [0.2, 0.25) is 0 Å². The van der Waals surface area contributed by atoms with Crippen LogP contribution in [0.3, 0.4) is 0 Å². The zero-order valence-corrected chi connectivity index (χ0v) is 12.0. The molecule has 1 aromatic rings. The monoisotopic (exact) mass is 286 g/mol. The molecule has 5 heteroatoms. The van der Waals surface area contributed by atoms with Crippen LogP contribution in [0.5, 0.6) is 5.75 Å². The van der Waals surface area contributed by atoms with Crippen molar-refractivity contribution in [3.63, 3.8) is 0 Å². The number of carbonyl (C=O) groups is 1. The first-order valence-corrected chi connectivity index (χ1v) is 6.96. The molecule has 5 nitrogen and oxygen atoms in total. The summed E-state index contributed by atoms with van der Waals surface area (Å²) in [6.07, 6.45) is 1.60. The molecule has 0 atom stereocenters. The van der Waals surface area contributed by atoms with Gasteiger partial charge in [0.15, 0.2) is 0 Å². The van der Waals surface area contributed by atoms with Gasteiger partial charge < -0.3 is 14.4 Å². The van der Waals surface area contributed by atoms with Gasteiger partial charge in [0.25, 0.3) is 5.91 Å². The van der Waals surface area contributed by atoms with Crippen LogP contribution in [-0.4, -0.2) is 43.7 Å². The van der Waals surface area contributed by atoms with Crippen LogP contribution in [0.1, 0.15) is 12.5 Å². The third kappa shape index (κ3) is 4.07. The number of nitrogens with zero attached hydrogens (tertiary/aromatic N) is 2. The minimum Gasteiger partial charge on any atom is -0.494 e. The normalized spacial score (nSPS) is 15.4. The zero-order valence-electron chi connectivity index (χ0n) is 12.0. The average Bonchev–Trinajstić information content (AvgIpc) is 2.54. The molecule has 0 unspecified atom stereocenters. The van der Waals surface area contributed by atoms with Gasteiger partial charge in [-0.25, -0.2) is 0 Å². The summed E-state index contributed by atoms with van der Waals surface area (Å²) in [6, 6.07) is 9.29. The highest BCUT2D eigenvalue weighted by Crippen LogP contribution is 2.15. The molecule has 1 fully saturated rings. The smallest absolute Gasteiger partial charge is 0.264 e. The third-order valence-electron chi connectivity index (χ3n) is 3.15. The Morgan fingerprint density at radius 2 is 2.05 bits per heavy atom. The fourth-order valence-corrected chi connectivity index (χ4v) is 2.07. The van der Waals surface area contributed by atoms with Crippen molar-refractivity contribution in [2.45, 2.75) is 6.92 Å². The number of nitriles is 1. The topological polar surface area (TPSA) is 62.6 Å². The minimum atomic E-state index is -0.241. The quantitative estimate of drug-likeness (QED) is 0.626. The predicted octanol–water partition coefficient (Wildman–Crippen LogP) is 1.85. The molecule has 21 heavy (non-hydrogen) atoms. The molecular formula is C16H18N2O3. The van der Waals surface area contributed by atoms with Crippen molar-refractivity contribution >= 4 is 12.0 Å². The molecule has 110 valence electrons. The lowest BCUT2D eigenvalue weighted by molar-refractivity contribution is -0.130. The number of ether oxygens (including phenoxy) is 2. The number of benzene rings is 1. The first kappa shape index (κ1) is 15.1. The van der Waals surface area contributed by atoms with E-state index in [1.807, 2.05) is 37.3 Å². The van der Waals surface area contributed by atoms with Crippen molar-refractivity contribution in [1.82, 2.24) is 4.90 Å². The molecular weight excluding hydrogens is 268 g/mol. The molecule has 2 rings (SSSR count). The lowest BCUT2D eigenvalue weighted by atomic mass is 10.1. The molecule has 0 N–H and O–H groups in total. The lowest BCUT2D eigenvalue weighted by Gasteiger charge is -2.26. The fourth-order valence-electron chi connectivity index (χ4n) is 2.07. The van der Waals surface area contributed by atoms with Crippen molar-refractivity contribution in [3.05, 3.63) is 35.4 Å². The Morgan fingerprint density at radius 1 is 1.38 bits per heavy atom. The predicted molar refractivity (Wildman–Crippen MR) is 78.6 cm³/mol. The highest BCUT2D eigenvalue weighted by atomic mass is 16.5. The maximum absolute atomic E-state index is 12.3. The van der Waals surface area contributed by atoms with Crippen LogP contribution in [0.4, 0.5) is 0 Å². The second-order valence-corrected chi connectivity index (χ2v) is 4.58. The van der Waals surface area contributed by atoms with Gasteiger partial charge in [-0.1, -0.05) is 12.1 Å². The van der Waals surface area contributed by atoms with E-state index in [0.717, 1.165) is 11.3 Å². The van der Waals surface area contributed by atoms with Gasteiger partial charge in [-0.15, -0.1) is 0 Å². The van der Waals surface area contributed by atoms with Gasteiger partial charge in [0, 0.05) is 13.1 Å². The fraction of sp³-hybridized carbons (Fsp3) is 0.375. The Morgan fingerprint density at radius 3 is 2.62 bits per heavy atom. The molecule has 0 radical (unpaired) electrons. The van der Waals surface area contributed by atoms with Gasteiger partial charge in [0.2, 0.25) is 0 Å². The van der Waals surface area contributed by atoms with Crippen molar-refractivity contribution in [3.8, 4) is 11.8 Å². The van der Waals surface area contributed by atoms with Gasteiger partial charge in [-0.05, 0) is 30.7 Å². The average molecular weight is 286 g/mol. The number of morpholine rings is 1. The summed E-state index contributed by atoms with van der Waals surface area (Å²) in [6.45, 7) is 4.63. The van der Waals surface area contributed by atoms with Crippen molar-refractivity contribution in [1.29, 1.82) is 5.26 Å². The number of hydrogen-bond acceptors (Lipinski definition) is 4. The van der Waals surface area contributed by atoms with E-state index in [9.17, 15) is 10.1 Å². The van der Waals surface area contributed by atoms with Gasteiger partial charge in [0.1, 0.15) is 17.4 Å². The zero-order chi connectivity index (χ0) is 15.1. The molecule has 1 aliphatic heterocycles. The molecule has 1 aromatic carbocycles. The summed E-state index contributed by atoms with van der Waals surface area (Å²) >= 11 is 0. The molecule has 0 aromatic heterocycles. The van der Waals surface area contributed by atoms with Gasteiger partial charge >= 0.3 is 0 Å². The van der Waals surface area contributed by atoms with Crippen molar-refractivity contribution < 1.29 is 14.3 Å². The molecule has 0 spiro atoms. The molecule has 1 amide bonds. The molecule has 0 saturated carbocycles. The van der Waals surface area contributed by atoms with Crippen molar-refractivity contribution in [2.24, 2.45) is 0 Å². The Kier molecular flexibility index (Phi) is 5.35. The van der Waals surface area contributed by atoms with Crippen LogP contribution in [-0.2, 0) is 9.53 Å². The van der Waals surface area contributed by atoms with E-state index in [1.54, 1.807) is 11.0 Å². The van der Waals surface area contributed by atoms with Crippen LogP contribution >= 0.6 is 0 Å². The summed E-state index contributed by atoms with van der Waals surface area (Å²) in [7, 11) is 0. The summed E-state index contributed by atoms with van der Waals surface area (Å²) in [5.41, 5.74) is 0.942. The van der Waals surface area contributed by atoms with E-state index < -0.39 is 0 Å². The molecule has 1 saturated heterocycles. The maximum Gasteiger partial charge on any atom is 0.264 e. The van der Waals surface area contributed by atoms with Crippen molar-refractivity contribution in [2.75, 3.05) is 32.9 Å². The third-order valence-corrected chi connectivity index (χ3v) is 3.15. The Bertz CT molecular complexity index is 552. The standard InChI is InChI=1S/C16H18N2O3/c1-2-21-15-5-3-13(4-6-15)11-14(12-17)16(19)18-7-9-20-10-8-18/h3-6,11H,2,7-10H2,1H3/b14-11-. The Hall–Kier alpha value is -2.32. The number of rotatable bonds is 4. The summed E-state index contributed by atoms with van der Waals surface area (Å²) in [4.78, 5) is 13.9. The molecule has 1 heterocycles. The first-order chi connectivity index (χ1) is 10.2. The number of amides is 1. The van der Waals surface area contributed by atoms with E-state index >= 15 is 0 Å². The van der Waals surface area contributed by atoms with Crippen LogP contribution in [0.15, 0.2) is 29.8 Å². The van der Waals surface area contributed by atoms with Gasteiger partial charge in [-0.3, -0.25) is 4.79 Å². The summed E-state index contributed by atoms with van der Waals surface area (Å²) in [5, 5.41) is 9.21. The van der Waals surface area contributed by atoms with E-state index in [4.69, 9.17) is 9.47 Å². The second-order valence-electron chi connectivity index (χ2n) is 4.58. The van der Waals surface area contributed by atoms with E-state index in [0.29, 0.717) is 32.9 Å². The number of carbonyl (C=O) groups excluding carboxylic acids is 1. The number of hydrogen-bond donors (Lipinski definition) is 0. The molecule has 0 bridgehead atoms. The minimum absolute atomic E-state index is 0.140. The van der Waals surface area contributed by atoms with Crippen LogP contribution < -0.4 is 4.74 Å². The summed E-state index contributed by atoms with van der Waals surface area (Å²) < 4.78 is 10.6. The first-order valence-electron chi connectivity index (χ1n) is 6.96. The highest BCUT2D eigenvalue weighted by Gasteiger charge is 2.20. The van der Waals surface area contributed by atoms with Crippen LogP contribution in [0, 0.1) is 11.3 Å². The highest BCUT2D eigenvalue weighted by molar-refractivity contribution is 6.01. The molecule has 1 aliphatic rings.